The summed E-state index contributed by atoms with van der Waals surface area (Å²) in [5, 5.41) is 3.64. The Morgan fingerprint density at radius 3 is 1.79 bits per heavy atom. The van der Waals surface area contributed by atoms with Gasteiger partial charge in [0.15, 0.2) is 17.0 Å². The van der Waals surface area contributed by atoms with Crippen LogP contribution in [0, 0.1) is 0 Å². The van der Waals surface area contributed by atoms with Crippen molar-refractivity contribution in [3.05, 3.63) is 151 Å². The topological polar surface area (TPSA) is 107 Å². The highest BCUT2D eigenvalue weighted by Gasteiger charge is 2.29. The van der Waals surface area contributed by atoms with E-state index in [0.29, 0.717) is 23.9 Å². The number of nitrogens with one attached hydrogen (secondary N) is 1. The van der Waals surface area contributed by atoms with Gasteiger partial charge >= 0.3 is 0 Å². The minimum atomic E-state index is -3.27. The van der Waals surface area contributed by atoms with Gasteiger partial charge in [-0.3, -0.25) is 4.99 Å². The summed E-state index contributed by atoms with van der Waals surface area (Å²) in [5.74, 6) is 2.74. The van der Waals surface area contributed by atoms with Crippen LogP contribution in [0.1, 0.15) is 12.6 Å². The summed E-state index contributed by atoms with van der Waals surface area (Å²) in [7, 11) is -4.41. The Hall–Kier alpha value is -4.86. The first-order valence-corrected chi connectivity index (χ1v) is 21.6. The molecule has 0 spiro atoms. The lowest BCUT2D eigenvalue weighted by molar-refractivity contribution is 0.0920. The van der Waals surface area contributed by atoms with Gasteiger partial charge < -0.3 is 23.8 Å². The molecule has 0 radical (unpaired) electrons. The molecule has 8 nitrogen and oxygen atoms in total. The Morgan fingerprint density at radius 2 is 1.28 bits per heavy atom. The van der Waals surface area contributed by atoms with E-state index in [2.05, 4.69) is 9.98 Å². The summed E-state index contributed by atoms with van der Waals surface area (Å²) in [6, 6.07) is 45.2. The number of hydrogen-bond acceptors (Lipinski definition) is 8. The molecule has 0 saturated heterocycles. The lowest BCUT2D eigenvalue weighted by Gasteiger charge is -2.19. The van der Waals surface area contributed by atoms with Crippen molar-refractivity contribution >= 4 is 49.7 Å². The second kappa shape index (κ2) is 17.3. The molecule has 0 amide bonds. The number of aliphatic imine (C=N–C) groups is 1. The Kier molecular flexibility index (Phi) is 12.4. The number of hydrogen-bond donors (Lipinski definition) is 1. The minimum absolute atomic E-state index is 0.143. The number of aromatic amines is 1. The van der Waals surface area contributed by atoms with Gasteiger partial charge in [0.05, 0.1) is 17.2 Å². The van der Waals surface area contributed by atoms with E-state index < -0.39 is 17.0 Å². The summed E-state index contributed by atoms with van der Waals surface area (Å²) in [4.78, 5) is 8.21. The highest BCUT2D eigenvalue weighted by molar-refractivity contribution is 8.14. The summed E-state index contributed by atoms with van der Waals surface area (Å²) in [6.45, 7) is 3.23. The zero-order chi connectivity index (χ0) is 37.3. The van der Waals surface area contributed by atoms with E-state index in [1.54, 1.807) is 37.1 Å². The van der Waals surface area contributed by atoms with Crippen molar-refractivity contribution < 1.29 is 27.2 Å². The summed E-state index contributed by atoms with van der Waals surface area (Å²) < 4.78 is 54.5. The molecule has 0 bridgehead atoms. The molecule has 0 aliphatic carbocycles. The number of sulfone groups is 1. The Morgan fingerprint density at radius 1 is 0.736 bits per heavy atom. The molecule has 7 rings (SSSR count). The number of rotatable bonds is 12. The molecule has 1 aromatic heterocycles. The van der Waals surface area contributed by atoms with E-state index in [0.717, 1.165) is 50.2 Å². The molecule has 1 aliphatic heterocycles. The van der Waals surface area contributed by atoms with E-state index in [9.17, 15) is 13.0 Å². The van der Waals surface area contributed by atoms with Gasteiger partial charge in [-0.2, -0.15) is 0 Å². The normalized spacial score (nSPS) is 13.4. The van der Waals surface area contributed by atoms with Crippen molar-refractivity contribution in [2.24, 2.45) is 4.99 Å². The van der Waals surface area contributed by atoms with Crippen LogP contribution in [0.3, 0.4) is 0 Å². The monoisotopic (exact) mass is 764 g/mol. The molecular formula is C42H41N2O6PS2. The van der Waals surface area contributed by atoms with Crippen LogP contribution in [0.15, 0.2) is 155 Å². The third-order valence-electron chi connectivity index (χ3n) is 8.28. The van der Waals surface area contributed by atoms with E-state index in [-0.39, 0.29) is 11.0 Å². The Labute approximate surface area is 315 Å². The van der Waals surface area contributed by atoms with Gasteiger partial charge in [-0.1, -0.05) is 91.0 Å². The van der Waals surface area contributed by atoms with Crippen LogP contribution >= 0.6 is 18.9 Å². The number of ether oxygens (including phenoxy) is 3. The smallest absolute Gasteiger partial charge is 0.175 e. The molecule has 1 atom stereocenters. The molecular weight excluding hydrogens is 724 g/mol. The number of nitrogens with zero attached hydrogens (tertiary/aromatic N) is 1. The average Bonchev–Trinajstić information content (AvgIpc) is 3.90. The molecule has 6 aromatic rings. The lowest BCUT2D eigenvalue weighted by Crippen LogP contribution is -2.24. The quantitative estimate of drug-likeness (QED) is 0.126. The second-order valence-electron chi connectivity index (χ2n) is 12.4. The minimum Gasteiger partial charge on any atom is -0.488 e. The van der Waals surface area contributed by atoms with Crippen LogP contribution in [0.5, 0.6) is 17.2 Å². The van der Waals surface area contributed by atoms with E-state index >= 15 is 0 Å². The number of benzene rings is 5. The highest BCUT2D eigenvalue weighted by atomic mass is 32.2. The predicted molar refractivity (Wildman–Crippen MR) is 218 cm³/mol. The van der Waals surface area contributed by atoms with Gasteiger partial charge in [0, 0.05) is 58.9 Å². The second-order valence-corrected chi connectivity index (χ2v) is 18.2. The third kappa shape index (κ3) is 9.58. The molecule has 0 saturated carbocycles. The maximum absolute atomic E-state index is 13.8. The van der Waals surface area contributed by atoms with Crippen molar-refractivity contribution in [3.8, 4) is 28.5 Å². The molecule has 0 fully saturated rings. The number of H-pyrrole nitrogens is 1. The maximum atomic E-state index is 13.8. The van der Waals surface area contributed by atoms with Crippen molar-refractivity contribution in [2.45, 2.75) is 17.9 Å². The van der Waals surface area contributed by atoms with Gasteiger partial charge in [-0.05, 0) is 55.5 Å². The van der Waals surface area contributed by atoms with E-state index in [4.69, 9.17) is 14.2 Å². The summed E-state index contributed by atoms with van der Waals surface area (Å²) in [6.07, 6.45) is 1.04. The highest BCUT2D eigenvalue weighted by Crippen LogP contribution is 2.42. The molecule has 2 heterocycles. The Balaban J connectivity index is 0.000000204. The van der Waals surface area contributed by atoms with E-state index in [1.807, 2.05) is 122 Å². The molecule has 5 aromatic carbocycles. The van der Waals surface area contributed by atoms with Gasteiger partial charge in [0.1, 0.15) is 28.4 Å². The van der Waals surface area contributed by atoms with Crippen LogP contribution in [-0.4, -0.2) is 56.8 Å². The third-order valence-corrected chi connectivity index (χ3v) is 13.5. The largest absolute Gasteiger partial charge is 0.488 e. The fourth-order valence-corrected chi connectivity index (χ4v) is 9.93. The first kappa shape index (κ1) is 37.9. The molecule has 53 heavy (non-hydrogen) atoms. The number of methoxy groups -OCH3 is 1. The fraction of sp³-hybridized carbons (Fsp3) is 0.167. The molecule has 272 valence electrons. The number of aromatic nitrogens is 1. The standard InChI is InChI=1S/C24H26N2O5S2.C18H15OP/c1-16(15-29-2)30-19-12-17(22-8-9-23(26-22)24-25-10-11-32-24)13-20(14-19)31-18-4-6-21(7-5-18)33(3,27)28;19-20(16-10-4-1-5-11-16,17-12-6-2-7-13-17)18-14-8-3-9-15-18/h4-9,12-14,16,26H,10-11,15H2,1-3H3;1-15H/t16-;/m0./s1. The van der Waals surface area contributed by atoms with Gasteiger partial charge in [0.2, 0.25) is 0 Å². The molecule has 11 heteroatoms. The van der Waals surface area contributed by atoms with E-state index in [1.165, 1.54) is 18.4 Å². The lowest BCUT2D eigenvalue weighted by atomic mass is 10.1. The van der Waals surface area contributed by atoms with Gasteiger partial charge in [-0.15, -0.1) is 11.8 Å². The first-order chi connectivity index (χ1) is 25.6. The van der Waals surface area contributed by atoms with Crippen LogP contribution in [0.2, 0.25) is 0 Å². The first-order valence-electron chi connectivity index (χ1n) is 17.1. The van der Waals surface area contributed by atoms with Gasteiger partial charge in [0.25, 0.3) is 0 Å². The predicted octanol–water partition coefficient (Wildman–Crippen LogP) is 8.11. The van der Waals surface area contributed by atoms with Crippen LogP contribution in [-0.2, 0) is 19.1 Å². The van der Waals surface area contributed by atoms with Crippen LogP contribution < -0.4 is 25.4 Å². The van der Waals surface area contributed by atoms with Crippen molar-refractivity contribution in [2.75, 3.05) is 32.3 Å². The van der Waals surface area contributed by atoms with Crippen molar-refractivity contribution in [1.29, 1.82) is 0 Å². The summed E-state index contributed by atoms with van der Waals surface area (Å²) >= 11 is 1.74. The summed E-state index contributed by atoms with van der Waals surface area (Å²) in [5.41, 5.74) is 2.81. The molecule has 1 aliphatic rings. The Bertz CT molecular complexity index is 2190. The van der Waals surface area contributed by atoms with Crippen LogP contribution in [0.4, 0.5) is 0 Å². The number of thioether (sulfide) groups is 1. The van der Waals surface area contributed by atoms with Crippen molar-refractivity contribution in [1.82, 2.24) is 4.98 Å². The molecule has 1 N–H and O–H groups in total. The molecule has 0 unspecified atom stereocenters. The SMILES string of the molecule is COC[C@H](C)Oc1cc(Oc2ccc(S(C)(=O)=O)cc2)cc(-c2ccc(C3=NCCS3)[nH]2)c1.O=P(c1ccccc1)(c1ccccc1)c1ccccc1. The van der Waals surface area contributed by atoms with Crippen LogP contribution in [0.25, 0.3) is 11.3 Å². The zero-order valence-corrected chi connectivity index (χ0v) is 32.2. The fourth-order valence-electron chi connectivity index (χ4n) is 5.79. The zero-order valence-electron chi connectivity index (χ0n) is 29.7. The maximum Gasteiger partial charge on any atom is 0.175 e. The van der Waals surface area contributed by atoms with Crippen molar-refractivity contribution in [3.63, 3.8) is 0 Å². The average molecular weight is 765 g/mol. The van der Waals surface area contributed by atoms with Gasteiger partial charge in [-0.25, -0.2) is 8.42 Å².